The Kier molecular flexibility index (Phi) is 4.66. The number of rotatable bonds is 4. The fourth-order valence-corrected chi connectivity index (χ4v) is 3.58. The molecule has 1 N–H and O–H groups in total. The van der Waals surface area contributed by atoms with Crippen molar-refractivity contribution in [3.8, 4) is 22.9 Å². The van der Waals surface area contributed by atoms with E-state index in [-0.39, 0.29) is 5.91 Å². The van der Waals surface area contributed by atoms with Gasteiger partial charge in [-0.05, 0) is 63.1 Å². The maximum atomic E-state index is 12.8. The number of aliphatic carboxylic acids is 1. The summed E-state index contributed by atoms with van der Waals surface area (Å²) in [5.41, 5.74) is 1.94. The first-order valence-corrected chi connectivity index (χ1v) is 9.45. The summed E-state index contributed by atoms with van der Waals surface area (Å²) in [5.74, 6) is -0.482. The topological polar surface area (TPSA) is 96.5 Å². The maximum Gasteiger partial charge on any atom is 0.329 e. The molecule has 7 heteroatoms. The zero-order chi connectivity index (χ0) is 20.6. The van der Waals surface area contributed by atoms with E-state index in [4.69, 9.17) is 4.42 Å². The van der Waals surface area contributed by atoms with Crippen LogP contribution < -0.4 is 0 Å². The first-order chi connectivity index (χ1) is 13.9. The lowest BCUT2D eigenvalue weighted by atomic mass is 9.98. The van der Waals surface area contributed by atoms with Crippen molar-refractivity contribution < 1.29 is 19.1 Å². The third-order valence-electron chi connectivity index (χ3n) is 5.45. The molecule has 1 amide bonds. The summed E-state index contributed by atoms with van der Waals surface area (Å²) >= 11 is 0. The van der Waals surface area contributed by atoms with Gasteiger partial charge in [0.2, 0.25) is 11.8 Å². The fraction of sp³-hybridized carbons (Fsp3) is 0.273. The second-order valence-electron chi connectivity index (χ2n) is 7.50. The minimum absolute atomic E-state index is 0.287. The number of benzene rings is 2. The lowest BCUT2D eigenvalue weighted by molar-refractivity contribution is -0.147. The minimum atomic E-state index is -1.16. The smallest absolute Gasteiger partial charge is 0.329 e. The second kappa shape index (κ2) is 7.16. The number of carboxylic acids is 1. The van der Waals surface area contributed by atoms with Gasteiger partial charge in [0.25, 0.3) is 5.91 Å². The number of carbonyl (C=O) groups is 2. The van der Waals surface area contributed by atoms with Crippen molar-refractivity contribution in [2.75, 3.05) is 6.54 Å². The van der Waals surface area contributed by atoms with E-state index in [0.717, 1.165) is 11.1 Å². The largest absolute Gasteiger partial charge is 0.480 e. The molecule has 4 rings (SSSR count). The summed E-state index contributed by atoms with van der Waals surface area (Å²) in [6.07, 6.45) is 1.13. The highest BCUT2D eigenvalue weighted by Crippen LogP contribution is 2.31. The van der Waals surface area contributed by atoms with Crippen LogP contribution in [0.15, 0.2) is 52.9 Å². The van der Waals surface area contributed by atoms with Gasteiger partial charge in [0.1, 0.15) is 5.54 Å². The van der Waals surface area contributed by atoms with Gasteiger partial charge in [-0.3, -0.25) is 4.79 Å². The molecule has 0 aliphatic carbocycles. The average Bonchev–Trinajstić information content (AvgIpc) is 3.36. The summed E-state index contributed by atoms with van der Waals surface area (Å²) in [6, 6.07) is 14.6. The molecule has 7 nitrogen and oxygen atoms in total. The summed E-state index contributed by atoms with van der Waals surface area (Å²) in [6.45, 7) is 4.04. The zero-order valence-electron chi connectivity index (χ0n) is 16.3. The summed E-state index contributed by atoms with van der Waals surface area (Å²) in [5, 5.41) is 17.7. The standard InChI is InChI=1S/C22H21N3O4/c1-14-4-6-15(7-5-14)18-23-24-19(29-18)16-8-10-17(11-9-16)20(26)25-13-3-12-22(25,2)21(27)28/h4-11H,3,12-13H2,1-2H3,(H,27,28). The molecule has 1 aliphatic rings. The third kappa shape index (κ3) is 3.40. The quantitative estimate of drug-likeness (QED) is 0.727. The Hall–Kier alpha value is -3.48. The molecule has 1 unspecified atom stereocenters. The number of carbonyl (C=O) groups excluding carboxylic acids is 1. The molecule has 0 radical (unpaired) electrons. The van der Waals surface area contributed by atoms with Crippen LogP contribution in [0.25, 0.3) is 22.9 Å². The Morgan fingerprint density at radius 3 is 2.10 bits per heavy atom. The molecule has 0 spiro atoms. The number of hydrogen-bond acceptors (Lipinski definition) is 5. The predicted molar refractivity (Wildman–Crippen MR) is 106 cm³/mol. The number of likely N-dealkylation sites (tertiary alicyclic amines) is 1. The van der Waals surface area contributed by atoms with Crippen LogP contribution in [-0.2, 0) is 4.79 Å². The lowest BCUT2D eigenvalue weighted by Crippen LogP contribution is -2.50. The number of carboxylic acid groups (broad SMARTS) is 1. The Morgan fingerprint density at radius 2 is 1.55 bits per heavy atom. The van der Waals surface area contributed by atoms with E-state index in [1.807, 2.05) is 31.2 Å². The molecular weight excluding hydrogens is 370 g/mol. The van der Waals surface area contributed by atoms with E-state index in [0.29, 0.717) is 42.3 Å². The number of hydrogen-bond donors (Lipinski definition) is 1. The second-order valence-corrected chi connectivity index (χ2v) is 7.50. The SMILES string of the molecule is Cc1ccc(-c2nnc(-c3ccc(C(=O)N4CCCC4(C)C(=O)O)cc3)o2)cc1. The van der Waals surface area contributed by atoms with Gasteiger partial charge in [-0.15, -0.1) is 10.2 Å². The van der Waals surface area contributed by atoms with E-state index < -0.39 is 11.5 Å². The van der Waals surface area contributed by atoms with Gasteiger partial charge in [-0.2, -0.15) is 0 Å². The van der Waals surface area contributed by atoms with Crippen LogP contribution in [0.3, 0.4) is 0 Å². The summed E-state index contributed by atoms with van der Waals surface area (Å²) < 4.78 is 5.77. The molecule has 1 aliphatic heterocycles. The van der Waals surface area contributed by atoms with Crippen molar-refractivity contribution in [1.82, 2.24) is 15.1 Å². The van der Waals surface area contributed by atoms with Gasteiger partial charge < -0.3 is 14.4 Å². The number of amides is 1. The van der Waals surface area contributed by atoms with Gasteiger partial charge in [0, 0.05) is 23.2 Å². The van der Waals surface area contributed by atoms with Crippen molar-refractivity contribution in [3.63, 3.8) is 0 Å². The van der Waals surface area contributed by atoms with Gasteiger partial charge in [-0.25, -0.2) is 4.79 Å². The molecule has 1 atom stereocenters. The normalized spacial score (nSPS) is 18.8. The monoisotopic (exact) mass is 391 g/mol. The van der Waals surface area contributed by atoms with Crippen molar-refractivity contribution in [2.45, 2.75) is 32.2 Å². The number of aryl methyl sites for hydroxylation is 1. The highest BCUT2D eigenvalue weighted by atomic mass is 16.4. The molecular formula is C22H21N3O4. The van der Waals surface area contributed by atoms with Gasteiger partial charge >= 0.3 is 5.97 Å². The first-order valence-electron chi connectivity index (χ1n) is 9.45. The number of aromatic nitrogens is 2. The molecule has 0 bridgehead atoms. The van der Waals surface area contributed by atoms with Crippen molar-refractivity contribution in [3.05, 3.63) is 59.7 Å². The van der Waals surface area contributed by atoms with Gasteiger partial charge in [0.15, 0.2) is 0 Å². The Labute approximate surface area is 168 Å². The van der Waals surface area contributed by atoms with Crippen LogP contribution in [0.5, 0.6) is 0 Å². The van der Waals surface area contributed by atoms with Crippen molar-refractivity contribution in [2.24, 2.45) is 0 Å². The Morgan fingerprint density at radius 1 is 1.00 bits per heavy atom. The van der Waals surface area contributed by atoms with E-state index in [1.54, 1.807) is 31.2 Å². The molecule has 3 aromatic rings. The van der Waals surface area contributed by atoms with Crippen LogP contribution in [0, 0.1) is 6.92 Å². The molecule has 2 heterocycles. The summed E-state index contributed by atoms with van der Waals surface area (Å²) in [7, 11) is 0. The van der Waals surface area contributed by atoms with Crippen molar-refractivity contribution in [1.29, 1.82) is 0 Å². The van der Waals surface area contributed by atoms with Crippen molar-refractivity contribution >= 4 is 11.9 Å². The molecule has 1 saturated heterocycles. The van der Waals surface area contributed by atoms with Crippen LogP contribution in [0.1, 0.15) is 35.7 Å². The van der Waals surface area contributed by atoms with Crippen LogP contribution in [0.4, 0.5) is 0 Å². The van der Waals surface area contributed by atoms with Crippen LogP contribution in [0.2, 0.25) is 0 Å². The first kappa shape index (κ1) is 18.9. The Bertz CT molecular complexity index is 1060. The molecule has 1 aromatic heterocycles. The van der Waals surface area contributed by atoms with Crippen LogP contribution in [-0.4, -0.2) is 44.2 Å². The number of nitrogens with zero attached hydrogens (tertiary/aromatic N) is 3. The summed E-state index contributed by atoms with van der Waals surface area (Å²) in [4.78, 5) is 25.9. The molecule has 29 heavy (non-hydrogen) atoms. The molecule has 148 valence electrons. The van der Waals surface area contributed by atoms with Crippen LogP contribution >= 0.6 is 0 Å². The lowest BCUT2D eigenvalue weighted by Gasteiger charge is -2.31. The predicted octanol–water partition coefficient (Wildman–Crippen LogP) is 3.79. The van der Waals surface area contributed by atoms with Gasteiger partial charge in [-0.1, -0.05) is 17.7 Å². The fourth-order valence-electron chi connectivity index (χ4n) is 3.58. The van der Waals surface area contributed by atoms with E-state index in [2.05, 4.69) is 10.2 Å². The average molecular weight is 391 g/mol. The van der Waals surface area contributed by atoms with E-state index >= 15 is 0 Å². The molecule has 1 fully saturated rings. The van der Waals surface area contributed by atoms with E-state index in [1.165, 1.54) is 4.90 Å². The minimum Gasteiger partial charge on any atom is -0.480 e. The maximum absolute atomic E-state index is 12.8. The molecule has 0 saturated carbocycles. The zero-order valence-corrected chi connectivity index (χ0v) is 16.3. The molecule has 2 aromatic carbocycles. The van der Waals surface area contributed by atoms with E-state index in [9.17, 15) is 14.7 Å². The highest BCUT2D eigenvalue weighted by molar-refractivity contribution is 5.98. The Balaban J connectivity index is 1.55. The third-order valence-corrected chi connectivity index (χ3v) is 5.45. The highest BCUT2D eigenvalue weighted by Gasteiger charge is 2.46. The van der Waals surface area contributed by atoms with Gasteiger partial charge in [0.05, 0.1) is 0 Å².